The van der Waals surface area contributed by atoms with Crippen molar-refractivity contribution in [3.63, 3.8) is 0 Å². The second-order valence-corrected chi connectivity index (χ2v) is 12.6. The van der Waals surface area contributed by atoms with E-state index in [1.165, 1.54) is 22.3 Å². The summed E-state index contributed by atoms with van der Waals surface area (Å²) < 4.78 is 5.54. The van der Waals surface area contributed by atoms with E-state index in [1.54, 1.807) is 9.91 Å². The second kappa shape index (κ2) is 13.6. The van der Waals surface area contributed by atoms with Gasteiger partial charge in [0.05, 0.1) is 13.1 Å². The van der Waals surface area contributed by atoms with Gasteiger partial charge in [0.25, 0.3) is 5.91 Å². The Kier molecular flexibility index (Phi) is 10.1. The van der Waals surface area contributed by atoms with Crippen molar-refractivity contribution < 1.29 is 19.1 Å². The molecule has 2 aromatic rings. The number of fused-ring (bicyclic) bond motifs is 2. The van der Waals surface area contributed by atoms with Gasteiger partial charge in [-0.2, -0.15) is 0 Å². The third kappa shape index (κ3) is 8.03. The van der Waals surface area contributed by atoms with E-state index in [0.717, 1.165) is 31.4 Å². The summed E-state index contributed by atoms with van der Waals surface area (Å²) in [4.78, 5) is 43.1. The molecule has 2 aromatic carbocycles. The van der Waals surface area contributed by atoms with Crippen LogP contribution in [0.2, 0.25) is 0 Å². The van der Waals surface area contributed by atoms with Crippen LogP contribution in [0.5, 0.6) is 0 Å². The summed E-state index contributed by atoms with van der Waals surface area (Å²) >= 11 is 0. The van der Waals surface area contributed by atoms with Crippen molar-refractivity contribution in [2.24, 2.45) is 0 Å². The molecule has 3 amide bonds. The van der Waals surface area contributed by atoms with Crippen molar-refractivity contribution >= 4 is 23.6 Å². The van der Waals surface area contributed by atoms with Crippen molar-refractivity contribution in [1.82, 2.24) is 20.2 Å². The smallest absolute Gasteiger partial charge is 0.410 e. The average molecular weight is 578 g/mol. The number of hydrogen-bond acceptors (Lipinski definition) is 6. The van der Waals surface area contributed by atoms with Gasteiger partial charge in [0.1, 0.15) is 5.60 Å². The quantitative estimate of drug-likeness (QED) is 0.447. The number of carbonyl (C=O) groups is 3. The molecule has 0 spiro atoms. The Morgan fingerprint density at radius 1 is 0.929 bits per heavy atom. The SMILES string of the molecule is CC(C)N(CCNC(=O)CN(CC(=O)N(C)N1Cc2ccccc2C1)c1cccc2c1CCCC2)C(=O)OC(C)(C)C. The normalized spacial score (nSPS) is 14.6. The van der Waals surface area contributed by atoms with Crippen molar-refractivity contribution in [2.45, 2.75) is 85.0 Å². The molecule has 1 heterocycles. The Labute approximate surface area is 250 Å². The van der Waals surface area contributed by atoms with Crippen LogP contribution in [0.25, 0.3) is 0 Å². The maximum absolute atomic E-state index is 13.6. The van der Waals surface area contributed by atoms with Crippen LogP contribution < -0.4 is 10.2 Å². The van der Waals surface area contributed by atoms with Crippen LogP contribution in [0.1, 0.15) is 69.7 Å². The fourth-order valence-electron chi connectivity index (χ4n) is 5.66. The maximum Gasteiger partial charge on any atom is 0.410 e. The minimum atomic E-state index is -0.597. The van der Waals surface area contributed by atoms with Gasteiger partial charge in [-0.3, -0.25) is 14.6 Å². The molecule has 9 heteroatoms. The van der Waals surface area contributed by atoms with Crippen molar-refractivity contribution in [2.75, 3.05) is 38.1 Å². The van der Waals surface area contributed by atoms with Crippen LogP contribution in [-0.4, -0.2) is 77.7 Å². The molecule has 0 aromatic heterocycles. The molecule has 0 fully saturated rings. The third-order valence-electron chi connectivity index (χ3n) is 7.91. The third-order valence-corrected chi connectivity index (χ3v) is 7.91. The molecule has 9 nitrogen and oxygen atoms in total. The number of hydrazine groups is 1. The van der Waals surface area contributed by atoms with Crippen LogP contribution in [-0.2, 0) is 40.3 Å². The van der Waals surface area contributed by atoms with Crippen molar-refractivity contribution in [1.29, 1.82) is 0 Å². The molecule has 0 unspecified atom stereocenters. The minimum Gasteiger partial charge on any atom is -0.444 e. The molecule has 1 aliphatic heterocycles. The molecule has 1 aliphatic carbocycles. The van der Waals surface area contributed by atoms with Gasteiger partial charge in [0, 0.05) is 45.0 Å². The molecular weight excluding hydrogens is 530 g/mol. The summed E-state index contributed by atoms with van der Waals surface area (Å²) in [5, 5.41) is 6.71. The summed E-state index contributed by atoms with van der Waals surface area (Å²) in [7, 11) is 1.81. The predicted molar refractivity (Wildman–Crippen MR) is 165 cm³/mol. The van der Waals surface area contributed by atoms with Gasteiger partial charge in [-0.1, -0.05) is 36.4 Å². The van der Waals surface area contributed by atoms with Gasteiger partial charge in [-0.25, -0.2) is 9.80 Å². The zero-order valence-electron chi connectivity index (χ0n) is 26.1. The van der Waals surface area contributed by atoms with Crippen molar-refractivity contribution in [3.8, 4) is 0 Å². The summed E-state index contributed by atoms with van der Waals surface area (Å²) in [6.07, 6.45) is 3.80. The highest BCUT2D eigenvalue weighted by Gasteiger charge is 2.28. The van der Waals surface area contributed by atoms with Gasteiger partial charge in [-0.05, 0) is 88.6 Å². The van der Waals surface area contributed by atoms with Gasteiger partial charge >= 0.3 is 6.09 Å². The molecular formula is C33H47N5O4. The topological polar surface area (TPSA) is 85.4 Å². The van der Waals surface area contributed by atoms with Crippen molar-refractivity contribution in [3.05, 3.63) is 64.7 Å². The van der Waals surface area contributed by atoms with Crippen LogP contribution in [0.4, 0.5) is 10.5 Å². The van der Waals surface area contributed by atoms with E-state index in [2.05, 4.69) is 23.5 Å². The number of aryl methyl sites for hydroxylation is 1. The van der Waals surface area contributed by atoms with E-state index in [0.29, 0.717) is 19.6 Å². The highest BCUT2D eigenvalue weighted by molar-refractivity contribution is 5.87. The first kappa shape index (κ1) is 31.3. The Balaban J connectivity index is 1.44. The molecule has 2 aliphatic rings. The van der Waals surface area contributed by atoms with Crippen LogP contribution in [0, 0.1) is 0 Å². The molecule has 42 heavy (non-hydrogen) atoms. The van der Waals surface area contributed by atoms with Gasteiger partial charge < -0.3 is 19.9 Å². The molecule has 0 radical (unpaired) electrons. The summed E-state index contributed by atoms with van der Waals surface area (Å²) in [6.45, 7) is 11.5. The number of benzene rings is 2. The van der Waals surface area contributed by atoms with E-state index in [1.807, 2.05) is 75.8 Å². The van der Waals surface area contributed by atoms with E-state index in [9.17, 15) is 14.4 Å². The molecule has 1 N–H and O–H groups in total. The van der Waals surface area contributed by atoms with Gasteiger partial charge in [-0.15, -0.1) is 0 Å². The van der Waals surface area contributed by atoms with Crippen LogP contribution in [0.15, 0.2) is 42.5 Å². The highest BCUT2D eigenvalue weighted by atomic mass is 16.6. The standard InChI is InChI=1S/C33H47N5O4/c1-24(2)38(32(41)42-33(3,4)5)19-18-34-30(39)22-36(29-17-11-15-25-12-9-10-16-28(25)29)23-31(40)35(6)37-20-26-13-7-8-14-27(26)21-37/h7-8,11,13-15,17,24H,9-10,12,16,18-23H2,1-6H3,(H,34,39). The monoisotopic (exact) mass is 577 g/mol. The minimum absolute atomic E-state index is 0.0460. The van der Waals surface area contributed by atoms with E-state index in [-0.39, 0.29) is 37.5 Å². The predicted octanol–water partition coefficient (Wildman–Crippen LogP) is 4.52. The lowest BCUT2D eigenvalue weighted by atomic mass is 9.90. The second-order valence-electron chi connectivity index (χ2n) is 12.6. The Bertz CT molecular complexity index is 1250. The number of carbonyl (C=O) groups excluding carboxylic acids is 3. The molecule has 4 rings (SSSR count). The number of ether oxygens (including phenoxy) is 1. The number of amides is 3. The first-order chi connectivity index (χ1) is 19.9. The number of hydrogen-bond donors (Lipinski definition) is 1. The van der Waals surface area contributed by atoms with Gasteiger partial charge in [0.2, 0.25) is 5.91 Å². The Morgan fingerprint density at radius 3 is 2.21 bits per heavy atom. The fraction of sp³-hybridized carbons (Fsp3) is 0.545. The zero-order valence-corrected chi connectivity index (χ0v) is 26.1. The zero-order chi connectivity index (χ0) is 30.4. The highest BCUT2D eigenvalue weighted by Crippen LogP contribution is 2.31. The average Bonchev–Trinajstić information content (AvgIpc) is 3.37. The molecule has 0 saturated heterocycles. The van der Waals surface area contributed by atoms with Gasteiger partial charge in [0.15, 0.2) is 0 Å². The first-order valence-electron chi connectivity index (χ1n) is 15.1. The number of anilines is 1. The molecule has 0 atom stereocenters. The molecule has 0 saturated carbocycles. The lowest BCUT2D eigenvalue weighted by Gasteiger charge is -2.33. The largest absolute Gasteiger partial charge is 0.444 e. The summed E-state index contributed by atoms with van der Waals surface area (Å²) in [5.74, 6) is -0.264. The van der Waals surface area contributed by atoms with E-state index < -0.39 is 11.7 Å². The number of nitrogens with one attached hydrogen (secondary N) is 1. The summed E-state index contributed by atoms with van der Waals surface area (Å²) in [5.41, 5.74) is 5.34. The number of likely N-dealkylation sites (N-methyl/N-ethyl adjacent to an activating group) is 1. The Hall–Kier alpha value is -3.59. The van der Waals surface area contributed by atoms with E-state index >= 15 is 0 Å². The maximum atomic E-state index is 13.6. The molecule has 228 valence electrons. The lowest BCUT2D eigenvalue weighted by molar-refractivity contribution is -0.145. The number of rotatable bonds is 10. The van der Waals surface area contributed by atoms with Crippen LogP contribution >= 0.6 is 0 Å². The number of nitrogens with zero attached hydrogens (tertiary/aromatic N) is 4. The van der Waals surface area contributed by atoms with E-state index in [4.69, 9.17) is 4.74 Å². The fourth-order valence-corrected chi connectivity index (χ4v) is 5.66. The molecule has 0 bridgehead atoms. The Morgan fingerprint density at radius 2 is 1.57 bits per heavy atom. The lowest BCUT2D eigenvalue weighted by Crippen LogP contribution is -2.49. The first-order valence-corrected chi connectivity index (χ1v) is 15.1. The summed E-state index contributed by atoms with van der Waals surface area (Å²) in [6, 6.07) is 14.4. The van der Waals surface area contributed by atoms with Crippen LogP contribution in [0.3, 0.4) is 0 Å².